The minimum Gasteiger partial charge on any atom is -0.496 e. The smallest absolute Gasteiger partial charge is 0.114 e. The summed E-state index contributed by atoms with van der Waals surface area (Å²) >= 11 is 0. The van der Waals surface area contributed by atoms with E-state index in [2.05, 4.69) is 23.3 Å². The molecule has 1 N–H and O–H groups in total. The van der Waals surface area contributed by atoms with Crippen LogP contribution in [0, 0.1) is 0 Å². The number of aromatic nitrogens is 1. The van der Waals surface area contributed by atoms with Crippen molar-refractivity contribution in [2.45, 2.75) is 25.8 Å². The lowest BCUT2D eigenvalue weighted by molar-refractivity contribution is 0.215. The third-order valence-electron chi connectivity index (χ3n) is 2.65. The minimum atomic E-state index is 0.186. The van der Waals surface area contributed by atoms with E-state index in [0.717, 1.165) is 31.8 Å². The van der Waals surface area contributed by atoms with Gasteiger partial charge in [-0.2, -0.15) is 0 Å². The Bertz CT molecular complexity index is 348. The Labute approximate surface area is 96.5 Å². The topological polar surface area (TPSA) is 34.1 Å². The molecular weight excluding hydrogens is 200 g/mol. The van der Waals surface area contributed by atoms with Gasteiger partial charge >= 0.3 is 0 Å². The number of hydrogen-bond acceptors (Lipinski definition) is 3. The predicted octanol–water partition coefficient (Wildman–Crippen LogP) is 2.43. The van der Waals surface area contributed by atoms with Crippen molar-refractivity contribution in [3.63, 3.8) is 0 Å². The highest BCUT2D eigenvalue weighted by molar-refractivity contribution is 5.24. The Kier molecular flexibility index (Phi) is 3.94. The van der Waals surface area contributed by atoms with Crippen LogP contribution >= 0.6 is 0 Å². The number of pyridine rings is 1. The van der Waals surface area contributed by atoms with E-state index in [1.54, 1.807) is 0 Å². The minimum absolute atomic E-state index is 0.186. The molecule has 3 heteroatoms. The summed E-state index contributed by atoms with van der Waals surface area (Å²) in [6.07, 6.45) is 7.96. The third kappa shape index (κ3) is 2.61. The fraction of sp³-hybridized carbons (Fsp3) is 0.462. The first-order valence-electron chi connectivity index (χ1n) is 5.88. The van der Waals surface area contributed by atoms with Crippen LogP contribution in [0.5, 0.6) is 0 Å². The summed E-state index contributed by atoms with van der Waals surface area (Å²) in [4.78, 5) is 4.05. The lowest BCUT2D eigenvalue weighted by atomic mass is 10.1. The molecule has 0 saturated heterocycles. The van der Waals surface area contributed by atoms with Crippen LogP contribution in [0.3, 0.4) is 0 Å². The zero-order chi connectivity index (χ0) is 11.2. The lowest BCUT2D eigenvalue weighted by Gasteiger charge is -2.19. The highest BCUT2D eigenvalue weighted by atomic mass is 16.5. The second-order valence-corrected chi connectivity index (χ2v) is 3.91. The average molecular weight is 218 g/mol. The van der Waals surface area contributed by atoms with Crippen molar-refractivity contribution in [3.8, 4) is 0 Å². The van der Waals surface area contributed by atoms with Gasteiger partial charge in [-0.25, -0.2) is 0 Å². The van der Waals surface area contributed by atoms with E-state index in [1.807, 2.05) is 24.5 Å². The molecule has 86 valence electrons. The highest BCUT2D eigenvalue weighted by Gasteiger charge is 2.19. The molecule has 3 nitrogen and oxygen atoms in total. The summed E-state index contributed by atoms with van der Waals surface area (Å²) in [5.74, 6) is 1.06. The molecule has 0 amide bonds. The molecule has 0 fully saturated rings. The number of rotatable bonds is 5. The van der Waals surface area contributed by atoms with Gasteiger partial charge in [-0.15, -0.1) is 0 Å². The van der Waals surface area contributed by atoms with Gasteiger partial charge in [0, 0.05) is 18.8 Å². The maximum Gasteiger partial charge on any atom is 0.114 e. The fourth-order valence-corrected chi connectivity index (χ4v) is 1.87. The molecule has 1 aliphatic heterocycles. The van der Waals surface area contributed by atoms with Crippen LogP contribution in [0.1, 0.15) is 31.4 Å². The number of ether oxygens (including phenoxy) is 1. The molecule has 1 aliphatic rings. The third-order valence-corrected chi connectivity index (χ3v) is 2.65. The molecule has 0 saturated carbocycles. The Morgan fingerprint density at radius 3 is 2.88 bits per heavy atom. The monoisotopic (exact) mass is 218 g/mol. The first-order chi connectivity index (χ1) is 7.92. The maximum absolute atomic E-state index is 5.64. The van der Waals surface area contributed by atoms with Crippen molar-refractivity contribution in [2.24, 2.45) is 0 Å². The van der Waals surface area contributed by atoms with Gasteiger partial charge in [-0.1, -0.05) is 6.92 Å². The van der Waals surface area contributed by atoms with Gasteiger partial charge < -0.3 is 10.1 Å². The van der Waals surface area contributed by atoms with Crippen LogP contribution in [0.15, 0.2) is 36.4 Å². The summed E-state index contributed by atoms with van der Waals surface area (Å²) in [6, 6.07) is 4.26. The standard InChI is InChI=1S/C13H18N2O/c1-2-7-15-13(12-4-3-10-16-12)11-5-8-14-9-6-11/h4-6,8-9,13,15H,2-3,7,10H2,1H3. The summed E-state index contributed by atoms with van der Waals surface area (Å²) in [5.41, 5.74) is 1.22. The van der Waals surface area contributed by atoms with E-state index in [0.29, 0.717) is 0 Å². The first-order valence-corrected chi connectivity index (χ1v) is 5.88. The van der Waals surface area contributed by atoms with E-state index in [4.69, 9.17) is 4.74 Å². The Morgan fingerprint density at radius 2 is 2.25 bits per heavy atom. The van der Waals surface area contributed by atoms with Crippen LogP contribution < -0.4 is 5.32 Å². The Balaban J connectivity index is 2.14. The van der Waals surface area contributed by atoms with E-state index in [1.165, 1.54) is 5.56 Å². The predicted molar refractivity (Wildman–Crippen MR) is 63.9 cm³/mol. The molecular formula is C13H18N2O. The summed E-state index contributed by atoms with van der Waals surface area (Å²) in [7, 11) is 0. The van der Waals surface area contributed by atoms with Crippen molar-refractivity contribution < 1.29 is 4.74 Å². The number of hydrogen-bond donors (Lipinski definition) is 1. The van der Waals surface area contributed by atoms with Gasteiger partial charge in [-0.05, 0) is 36.7 Å². The highest BCUT2D eigenvalue weighted by Crippen LogP contribution is 2.25. The van der Waals surface area contributed by atoms with Gasteiger partial charge in [0.2, 0.25) is 0 Å². The van der Waals surface area contributed by atoms with Crippen molar-refractivity contribution in [1.29, 1.82) is 0 Å². The van der Waals surface area contributed by atoms with Gasteiger partial charge in [0.25, 0.3) is 0 Å². The Hall–Kier alpha value is -1.35. The van der Waals surface area contributed by atoms with Crippen LogP contribution in [0.4, 0.5) is 0 Å². The quantitative estimate of drug-likeness (QED) is 0.824. The van der Waals surface area contributed by atoms with Gasteiger partial charge in [0.15, 0.2) is 0 Å². The summed E-state index contributed by atoms with van der Waals surface area (Å²) < 4.78 is 5.64. The molecule has 0 aromatic carbocycles. The van der Waals surface area contributed by atoms with Crippen molar-refractivity contribution in [3.05, 3.63) is 41.9 Å². The molecule has 0 radical (unpaired) electrons. The van der Waals surface area contributed by atoms with Crippen LogP contribution in [0.2, 0.25) is 0 Å². The second kappa shape index (κ2) is 5.66. The molecule has 2 rings (SSSR count). The zero-order valence-corrected chi connectivity index (χ0v) is 9.65. The van der Waals surface area contributed by atoms with Crippen molar-refractivity contribution in [2.75, 3.05) is 13.2 Å². The second-order valence-electron chi connectivity index (χ2n) is 3.91. The van der Waals surface area contributed by atoms with Crippen LogP contribution in [0.25, 0.3) is 0 Å². The van der Waals surface area contributed by atoms with Gasteiger partial charge in [-0.3, -0.25) is 4.98 Å². The molecule has 1 atom stereocenters. The van der Waals surface area contributed by atoms with E-state index < -0.39 is 0 Å². The largest absolute Gasteiger partial charge is 0.496 e. The lowest BCUT2D eigenvalue weighted by Crippen LogP contribution is -2.24. The molecule has 0 bridgehead atoms. The molecule has 2 heterocycles. The van der Waals surface area contributed by atoms with E-state index in [9.17, 15) is 0 Å². The number of nitrogens with zero attached hydrogens (tertiary/aromatic N) is 1. The Morgan fingerprint density at radius 1 is 1.44 bits per heavy atom. The van der Waals surface area contributed by atoms with E-state index in [-0.39, 0.29) is 6.04 Å². The first kappa shape index (κ1) is 11.1. The zero-order valence-electron chi connectivity index (χ0n) is 9.65. The van der Waals surface area contributed by atoms with Gasteiger partial charge in [0.05, 0.1) is 12.6 Å². The summed E-state index contributed by atoms with van der Waals surface area (Å²) in [5, 5.41) is 3.51. The molecule has 16 heavy (non-hydrogen) atoms. The summed E-state index contributed by atoms with van der Waals surface area (Å²) in [6.45, 7) is 3.97. The van der Waals surface area contributed by atoms with Gasteiger partial charge in [0.1, 0.15) is 5.76 Å². The SMILES string of the molecule is CCCNC(C1=CCCO1)c1ccncc1. The van der Waals surface area contributed by atoms with Crippen molar-refractivity contribution >= 4 is 0 Å². The number of nitrogens with one attached hydrogen (secondary N) is 1. The molecule has 1 aromatic heterocycles. The average Bonchev–Trinajstić information content (AvgIpc) is 2.85. The molecule has 0 spiro atoms. The van der Waals surface area contributed by atoms with E-state index >= 15 is 0 Å². The van der Waals surface area contributed by atoms with Crippen LogP contribution in [-0.2, 0) is 4.74 Å². The molecule has 0 aliphatic carbocycles. The molecule has 1 aromatic rings. The van der Waals surface area contributed by atoms with Crippen LogP contribution in [-0.4, -0.2) is 18.1 Å². The molecule has 1 unspecified atom stereocenters. The normalized spacial score (nSPS) is 16.7. The van der Waals surface area contributed by atoms with Crippen molar-refractivity contribution in [1.82, 2.24) is 10.3 Å². The fourth-order valence-electron chi connectivity index (χ4n) is 1.87. The maximum atomic E-state index is 5.64.